The standard InChI is InChI=1S/C12H23NO2/c1-3-4-5-7-10(2)13-12(14)11-8-6-9-15-11/h10-11H,3-9H2,1-2H3,(H,13,14)/t10-,11+/m1/s1. The predicted octanol–water partition coefficient (Wildman–Crippen LogP) is 2.25. The molecule has 1 rings (SSSR count). The summed E-state index contributed by atoms with van der Waals surface area (Å²) < 4.78 is 5.33. The Hall–Kier alpha value is -0.570. The Morgan fingerprint density at radius 2 is 2.33 bits per heavy atom. The molecule has 1 amide bonds. The van der Waals surface area contributed by atoms with Crippen LogP contribution in [0.1, 0.15) is 52.4 Å². The van der Waals surface area contributed by atoms with Crippen molar-refractivity contribution in [1.29, 1.82) is 0 Å². The summed E-state index contributed by atoms with van der Waals surface area (Å²) in [6.45, 7) is 5.00. The number of hydrogen-bond donors (Lipinski definition) is 1. The number of amides is 1. The number of rotatable bonds is 6. The van der Waals surface area contributed by atoms with Crippen LogP contribution in [0.4, 0.5) is 0 Å². The van der Waals surface area contributed by atoms with Gasteiger partial charge in [-0.1, -0.05) is 26.2 Å². The second-order valence-electron chi connectivity index (χ2n) is 4.41. The number of ether oxygens (including phenoxy) is 1. The van der Waals surface area contributed by atoms with Crippen LogP contribution >= 0.6 is 0 Å². The van der Waals surface area contributed by atoms with Crippen molar-refractivity contribution in [1.82, 2.24) is 5.32 Å². The molecule has 1 aliphatic heterocycles. The van der Waals surface area contributed by atoms with E-state index in [4.69, 9.17) is 4.74 Å². The van der Waals surface area contributed by atoms with E-state index in [0.717, 1.165) is 25.9 Å². The Kier molecular flexibility index (Phi) is 5.69. The van der Waals surface area contributed by atoms with Crippen LogP contribution in [0.2, 0.25) is 0 Å². The van der Waals surface area contributed by atoms with Crippen LogP contribution in [0.5, 0.6) is 0 Å². The van der Waals surface area contributed by atoms with Crippen molar-refractivity contribution in [2.75, 3.05) is 6.61 Å². The molecule has 1 saturated heterocycles. The van der Waals surface area contributed by atoms with E-state index in [-0.39, 0.29) is 18.1 Å². The molecule has 0 radical (unpaired) electrons. The summed E-state index contributed by atoms with van der Waals surface area (Å²) in [5.41, 5.74) is 0. The lowest BCUT2D eigenvalue weighted by Crippen LogP contribution is -2.39. The van der Waals surface area contributed by atoms with Gasteiger partial charge in [-0.05, 0) is 26.2 Å². The molecule has 2 atom stereocenters. The highest BCUT2D eigenvalue weighted by atomic mass is 16.5. The lowest BCUT2D eigenvalue weighted by atomic mass is 10.1. The zero-order valence-corrected chi connectivity index (χ0v) is 9.92. The Morgan fingerprint density at radius 3 is 2.93 bits per heavy atom. The summed E-state index contributed by atoms with van der Waals surface area (Å²) in [6.07, 6.45) is 6.47. The zero-order valence-electron chi connectivity index (χ0n) is 9.92. The van der Waals surface area contributed by atoms with Crippen molar-refractivity contribution in [3.05, 3.63) is 0 Å². The first-order valence-corrected chi connectivity index (χ1v) is 6.16. The Balaban J connectivity index is 2.13. The summed E-state index contributed by atoms with van der Waals surface area (Å²) >= 11 is 0. The largest absolute Gasteiger partial charge is 0.368 e. The first kappa shape index (κ1) is 12.5. The quantitative estimate of drug-likeness (QED) is 0.687. The molecule has 15 heavy (non-hydrogen) atoms. The van der Waals surface area contributed by atoms with Gasteiger partial charge in [-0.3, -0.25) is 4.79 Å². The highest BCUT2D eigenvalue weighted by Gasteiger charge is 2.24. The van der Waals surface area contributed by atoms with Crippen LogP contribution in [-0.4, -0.2) is 24.7 Å². The Bertz CT molecular complexity index is 188. The second kappa shape index (κ2) is 6.83. The maximum absolute atomic E-state index is 11.7. The van der Waals surface area contributed by atoms with E-state index in [0.29, 0.717) is 0 Å². The number of unbranched alkanes of at least 4 members (excludes halogenated alkanes) is 2. The summed E-state index contributed by atoms with van der Waals surface area (Å²) in [4.78, 5) is 11.7. The highest BCUT2D eigenvalue weighted by molar-refractivity contribution is 5.81. The molecule has 0 spiro atoms. The maximum atomic E-state index is 11.7. The van der Waals surface area contributed by atoms with E-state index in [1.807, 2.05) is 0 Å². The second-order valence-corrected chi connectivity index (χ2v) is 4.41. The average Bonchev–Trinajstić information content (AvgIpc) is 2.70. The topological polar surface area (TPSA) is 38.3 Å². The lowest BCUT2D eigenvalue weighted by molar-refractivity contribution is -0.130. The molecular weight excluding hydrogens is 190 g/mol. The third-order valence-corrected chi connectivity index (χ3v) is 2.85. The fourth-order valence-corrected chi connectivity index (χ4v) is 1.89. The highest BCUT2D eigenvalue weighted by Crippen LogP contribution is 2.12. The van der Waals surface area contributed by atoms with Crippen LogP contribution in [0.15, 0.2) is 0 Å². The third kappa shape index (κ3) is 4.65. The van der Waals surface area contributed by atoms with Gasteiger partial charge in [-0.25, -0.2) is 0 Å². The summed E-state index contributed by atoms with van der Waals surface area (Å²) in [5.74, 6) is 0.0801. The van der Waals surface area contributed by atoms with Crippen LogP contribution in [0.3, 0.4) is 0 Å². The van der Waals surface area contributed by atoms with Gasteiger partial charge in [0.15, 0.2) is 0 Å². The van der Waals surface area contributed by atoms with Crippen molar-refractivity contribution in [3.8, 4) is 0 Å². The molecule has 0 aromatic heterocycles. The number of carbonyl (C=O) groups excluding carboxylic acids is 1. The smallest absolute Gasteiger partial charge is 0.249 e. The fourth-order valence-electron chi connectivity index (χ4n) is 1.89. The van der Waals surface area contributed by atoms with Gasteiger partial charge in [-0.2, -0.15) is 0 Å². The van der Waals surface area contributed by atoms with E-state index < -0.39 is 0 Å². The first-order chi connectivity index (χ1) is 7.24. The summed E-state index contributed by atoms with van der Waals surface area (Å²) in [7, 11) is 0. The Labute approximate surface area is 92.6 Å². The predicted molar refractivity (Wildman–Crippen MR) is 60.7 cm³/mol. The van der Waals surface area contributed by atoms with Gasteiger partial charge in [-0.15, -0.1) is 0 Å². The van der Waals surface area contributed by atoms with Gasteiger partial charge in [0.1, 0.15) is 6.10 Å². The average molecular weight is 213 g/mol. The molecule has 0 unspecified atom stereocenters. The van der Waals surface area contributed by atoms with Crippen LogP contribution in [0.25, 0.3) is 0 Å². The van der Waals surface area contributed by atoms with Gasteiger partial charge in [0, 0.05) is 12.6 Å². The zero-order chi connectivity index (χ0) is 11.1. The molecule has 1 N–H and O–H groups in total. The molecule has 88 valence electrons. The van der Waals surface area contributed by atoms with Crippen LogP contribution < -0.4 is 5.32 Å². The minimum atomic E-state index is -0.182. The summed E-state index contributed by atoms with van der Waals surface area (Å²) in [6, 6.07) is 0.285. The van der Waals surface area contributed by atoms with E-state index in [1.165, 1.54) is 19.3 Å². The van der Waals surface area contributed by atoms with Gasteiger partial charge in [0.05, 0.1) is 0 Å². The van der Waals surface area contributed by atoms with E-state index in [2.05, 4.69) is 19.2 Å². The van der Waals surface area contributed by atoms with Crippen molar-refractivity contribution in [3.63, 3.8) is 0 Å². The van der Waals surface area contributed by atoms with Crippen LogP contribution in [-0.2, 0) is 9.53 Å². The van der Waals surface area contributed by atoms with Gasteiger partial charge in [0.2, 0.25) is 5.91 Å². The molecular formula is C12H23NO2. The molecule has 0 aromatic rings. The molecule has 1 aliphatic rings. The third-order valence-electron chi connectivity index (χ3n) is 2.85. The van der Waals surface area contributed by atoms with Gasteiger partial charge < -0.3 is 10.1 Å². The summed E-state index contributed by atoms with van der Waals surface area (Å²) in [5, 5.41) is 3.02. The molecule has 0 bridgehead atoms. The Morgan fingerprint density at radius 1 is 1.53 bits per heavy atom. The molecule has 3 nitrogen and oxygen atoms in total. The lowest BCUT2D eigenvalue weighted by Gasteiger charge is -2.16. The first-order valence-electron chi connectivity index (χ1n) is 6.16. The van der Waals surface area contributed by atoms with Gasteiger partial charge >= 0.3 is 0 Å². The van der Waals surface area contributed by atoms with Crippen molar-refractivity contribution < 1.29 is 9.53 Å². The van der Waals surface area contributed by atoms with Crippen molar-refractivity contribution in [2.24, 2.45) is 0 Å². The van der Waals surface area contributed by atoms with Crippen LogP contribution in [0, 0.1) is 0 Å². The normalized spacial score (nSPS) is 22.7. The SMILES string of the molecule is CCCCC[C@@H](C)NC(=O)[C@@H]1CCCO1. The number of nitrogens with one attached hydrogen (secondary N) is 1. The van der Waals surface area contributed by atoms with E-state index >= 15 is 0 Å². The minimum absolute atomic E-state index is 0.0801. The minimum Gasteiger partial charge on any atom is -0.368 e. The molecule has 3 heteroatoms. The molecule has 0 aliphatic carbocycles. The monoisotopic (exact) mass is 213 g/mol. The molecule has 1 heterocycles. The molecule has 1 fully saturated rings. The fraction of sp³-hybridized carbons (Fsp3) is 0.917. The maximum Gasteiger partial charge on any atom is 0.249 e. The van der Waals surface area contributed by atoms with E-state index in [1.54, 1.807) is 0 Å². The molecule has 0 saturated carbocycles. The van der Waals surface area contributed by atoms with E-state index in [9.17, 15) is 4.79 Å². The van der Waals surface area contributed by atoms with Crippen molar-refractivity contribution in [2.45, 2.75) is 64.5 Å². The van der Waals surface area contributed by atoms with Gasteiger partial charge in [0.25, 0.3) is 0 Å². The number of carbonyl (C=O) groups is 1. The molecule has 0 aromatic carbocycles. The number of hydrogen-bond acceptors (Lipinski definition) is 2. The van der Waals surface area contributed by atoms with Crippen molar-refractivity contribution >= 4 is 5.91 Å².